The van der Waals surface area contributed by atoms with E-state index in [1.54, 1.807) is 30.3 Å². The number of hydrogen-bond donors (Lipinski definition) is 0. The summed E-state index contributed by atoms with van der Waals surface area (Å²) in [4.78, 5) is 33.4. The minimum Gasteiger partial charge on any atom is -0.485 e. The molecular weight excluding hydrogens is 326 g/mol. The number of methoxy groups -OCH3 is 1. The van der Waals surface area contributed by atoms with Crippen molar-refractivity contribution in [2.45, 2.75) is 0 Å². The molecule has 0 saturated heterocycles. The zero-order chi connectivity index (χ0) is 18.2. The molecule has 0 heterocycles. The highest BCUT2D eigenvalue weighted by Gasteiger charge is 2.12. The van der Waals surface area contributed by atoms with E-state index in [9.17, 15) is 19.7 Å². The van der Waals surface area contributed by atoms with Crippen LogP contribution >= 0.6 is 0 Å². The van der Waals surface area contributed by atoms with Crippen LogP contribution in [0.2, 0.25) is 0 Å². The van der Waals surface area contributed by atoms with E-state index in [4.69, 9.17) is 4.74 Å². The molecule has 2 aromatic carbocycles. The first kappa shape index (κ1) is 17.9. The van der Waals surface area contributed by atoms with Gasteiger partial charge in [-0.25, -0.2) is 4.79 Å². The van der Waals surface area contributed by atoms with Crippen molar-refractivity contribution in [2.24, 2.45) is 0 Å². The van der Waals surface area contributed by atoms with Crippen molar-refractivity contribution in [2.75, 3.05) is 13.7 Å². The SMILES string of the molecule is COC(=O)/C=C/c1cccc(OCC(=O)c2cccc([N+](=O)[O-])c2)c1. The summed E-state index contributed by atoms with van der Waals surface area (Å²) >= 11 is 0. The van der Waals surface area contributed by atoms with Gasteiger partial charge in [-0.15, -0.1) is 0 Å². The van der Waals surface area contributed by atoms with Crippen LogP contribution in [0.3, 0.4) is 0 Å². The number of Topliss-reactive ketones (excluding diaryl/α,β-unsaturated/α-hetero) is 1. The van der Waals surface area contributed by atoms with Crippen LogP contribution in [0.5, 0.6) is 5.75 Å². The minimum atomic E-state index is -0.561. The van der Waals surface area contributed by atoms with Crippen molar-refractivity contribution in [3.8, 4) is 5.75 Å². The van der Waals surface area contributed by atoms with Gasteiger partial charge in [0.05, 0.1) is 12.0 Å². The van der Waals surface area contributed by atoms with E-state index in [1.165, 1.54) is 37.5 Å². The third-order valence-corrected chi connectivity index (χ3v) is 3.22. The first-order chi connectivity index (χ1) is 12.0. The Balaban J connectivity index is 2.02. The van der Waals surface area contributed by atoms with Crippen molar-refractivity contribution in [1.82, 2.24) is 0 Å². The highest BCUT2D eigenvalue weighted by molar-refractivity contribution is 5.97. The molecule has 0 amide bonds. The summed E-state index contributed by atoms with van der Waals surface area (Å²) in [5, 5.41) is 10.7. The van der Waals surface area contributed by atoms with Gasteiger partial charge in [0.25, 0.3) is 5.69 Å². The highest BCUT2D eigenvalue weighted by atomic mass is 16.6. The molecule has 0 unspecified atom stereocenters. The highest BCUT2D eigenvalue weighted by Crippen LogP contribution is 2.17. The van der Waals surface area contributed by atoms with Crippen LogP contribution in [0.25, 0.3) is 6.08 Å². The van der Waals surface area contributed by atoms with Crippen molar-refractivity contribution in [1.29, 1.82) is 0 Å². The number of ketones is 1. The first-order valence-corrected chi connectivity index (χ1v) is 7.26. The Labute approximate surface area is 143 Å². The molecule has 0 aliphatic rings. The Morgan fingerprint density at radius 3 is 2.64 bits per heavy atom. The Morgan fingerprint density at radius 1 is 1.16 bits per heavy atom. The fourth-order valence-corrected chi connectivity index (χ4v) is 1.97. The molecule has 128 valence electrons. The molecule has 0 atom stereocenters. The van der Waals surface area contributed by atoms with Gasteiger partial charge in [-0.2, -0.15) is 0 Å². The topological polar surface area (TPSA) is 95.7 Å². The van der Waals surface area contributed by atoms with Crippen molar-refractivity contribution < 1.29 is 24.0 Å². The summed E-state index contributed by atoms with van der Waals surface area (Å²) in [5.74, 6) is -0.419. The van der Waals surface area contributed by atoms with Crippen LogP contribution in [0.4, 0.5) is 5.69 Å². The molecule has 2 aromatic rings. The Kier molecular flexibility index (Phi) is 6.00. The third kappa shape index (κ3) is 5.28. The number of nitrogens with zero attached hydrogens (tertiary/aromatic N) is 1. The predicted octanol–water partition coefficient (Wildman–Crippen LogP) is 3.04. The number of esters is 1. The lowest BCUT2D eigenvalue weighted by atomic mass is 10.1. The normalized spacial score (nSPS) is 10.4. The van der Waals surface area contributed by atoms with Gasteiger partial charge in [-0.3, -0.25) is 14.9 Å². The zero-order valence-corrected chi connectivity index (χ0v) is 13.4. The predicted molar refractivity (Wildman–Crippen MR) is 90.4 cm³/mol. The van der Waals surface area contributed by atoms with Crippen LogP contribution in [0, 0.1) is 10.1 Å². The molecule has 0 N–H and O–H groups in total. The summed E-state index contributed by atoms with van der Waals surface area (Å²) in [7, 11) is 1.28. The Morgan fingerprint density at radius 2 is 1.92 bits per heavy atom. The van der Waals surface area contributed by atoms with Gasteiger partial charge in [0, 0.05) is 23.8 Å². The van der Waals surface area contributed by atoms with E-state index in [0.717, 1.165) is 0 Å². The maximum absolute atomic E-state index is 12.1. The molecule has 7 heteroatoms. The largest absolute Gasteiger partial charge is 0.485 e. The molecule has 0 bridgehead atoms. The van der Waals surface area contributed by atoms with Crippen LogP contribution in [-0.4, -0.2) is 30.4 Å². The van der Waals surface area contributed by atoms with Crippen molar-refractivity contribution in [3.05, 3.63) is 75.8 Å². The summed E-state index contributed by atoms with van der Waals surface area (Å²) in [6.07, 6.45) is 2.83. The molecule has 0 radical (unpaired) electrons. The molecule has 0 fully saturated rings. The quantitative estimate of drug-likeness (QED) is 0.252. The number of ether oxygens (including phenoxy) is 2. The van der Waals surface area contributed by atoms with Gasteiger partial charge in [-0.1, -0.05) is 24.3 Å². The molecule has 25 heavy (non-hydrogen) atoms. The molecule has 0 saturated carbocycles. The van der Waals surface area contributed by atoms with Crippen molar-refractivity contribution >= 4 is 23.5 Å². The molecular formula is C18H15NO6. The number of nitro groups is 1. The number of nitro benzene ring substituents is 1. The number of benzene rings is 2. The lowest BCUT2D eigenvalue weighted by Gasteiger charge is -2.06. The van der Waals surface area contributed by atoms with Crippen LogP contribution < -0.4 is 4.74 Å². The minimum absolute atomic E-state index is 0.152. The number of carbonyl (C=O) groups excluding carboxylic acids is 2. The van der Waals surface area contributed by atoms with Crippen LogP contribution in [0.15, 0.2) is 54.6 Å². The fourth-order valence-electron chi connectivity index (χ4n) is 1.97. The summed E-state index contributed by atoms with van der Waals surface area (Å²) in [6.45, 7) is -0.259. The molecule has 2 rings (SSSR count). The lowest BCUT2D eigenvalue weighted by molar-refractivity contribution is -0.384. The van der Waals surface area contributed by atoms with Gasteiger partial charge in [0.15, 0.2) is 12.4 Å². The van der Waals surface area contributed by atoms with E-state index in [-0.39, 0.29) is 23.6 Å². The monoisotopic (exact) mass is 341 g/mol. The van der Waals surface area contributed by atoms with E-state index < -0.39 is 10.9 Å². The first-order valence-electron chi connectivity index (χ1n) is 7.26. The standard InChI is InChI=1S/C18H15NO6/c1-24-18(21)9-8-13-4-2-7-16(10-13)25-12-17(20)14-5-3-6-15(11-14)19(22)23/h2-11H,12H2,1H3/b9-8+. The Hall–Kier alpha value is -3.48. The average molecular weight is 341 g/mol. The smallest absolute Gasteiger partial charge is 0.330 e. The van der Waals surface area contributed by atoms with E-state index in [0.29, 0.717) is 11.3 Å². The molecule has 0 aromatic heterocycles. The number of non-ortho nitro benzene ring substituents is 1. The number of rotatable bonds is 7. The van der Waals surface area contributed by atoms with Gasteiger partial charge in [0.1, 0.15) is 5.75 Å². The van der Waals surface area contributed by atoms with E-state index in [1.807, 2.05) is 0 Å². The van der Waals surface area contributed by atoms with Gasteiger partial charge < -0.3 is 9.47 Å². The fraction of sp³-hybridized carbons (Fsp3) is 0.111. The number of hydrogen-bond acceptors (Lipinski definition) is 6. The van der Waals surface area contributed by atoms with E-state index >= 15 is 0 Å². The second-order valence-electron chi connectivity index (χ2n) is 4.95. The maximum Gasteiger partial charge on any atom is 0.330 e. The zero-order valence-electron chi connectivity index (χ0n) is 13.4. The van der Waals surface area contributed by atoms with Gasteiger partial charge in [0.2, 0.25) is 0 Å². The van der Waals surface area contributed by atoms with Crippen LogP contribution in [0.1, 0.15) is 15.9 Å². The summed E-state index contributed by atoms with van der Waals surface area (Å²) in [5.41, 5.74) is 0.752. The van der Waals surface area contributed by atoms with Gasteiger partial charge in [-0.05, 0) is 23.8 Å². The second kappa shape index (κ2) is 8.39. The Bertz CT molecular complexity index is 828. The van der Waals surface area contributed by atoms with E-state index in [2.05, 4.69) is 4.74 Å². The summed E-state index contributed by atoms with van der Waals surface area (Å²) < 4.78 is 9.93. The second-order valence-corrected chi connectivity index (χ2v) is 4.95. The van der Waals surface area contributed by atoms with Crippen LogP contribution in [-0.2, 0) is 9.53 Å². The lowest BCUT2D eigenvalue weighted by Crippen LogP contribution is -2.11. The molecule has 7 nitrogen and oxygen atoms in total. The number of carbonyl (C=O) groups is 2. The molecule has 0 spiro atoms. The van der Waals surface area contributed by atoms with Gasteiger partial charge >= 0.3 is 5.97 Å². The molecule has 0 aliphatic carbocycles. The average Bonchev–Trinajstić information content (AvgIpc) is 2.64. The summed E-state index contributed by atoms with van der Waals surface area (Å²) in [6, 6.07) is 12.3. The van der Waals surface area contributed by atoms with Crippen molar-refractivity contribution in [3.63, 3.8) is 0 Å². The molecule has 0 aliphatic heterocycles. The third-order valence-electron chi connectivity index (χ3n) is 3.22. The maximum atomic E-state index is 12.1.